The molecule has 0 amide bonds. The lowest BCUT2D eigenvalue weighted by atomic mass is 9.98. The minimum atomic E-state index is 0.551. The molecule has 0 saturated carbocycles. The summed E-state index contributed by atoms with van der Waals surface area (Å²) in [5.41, 5.74) is 7.89. The first-order valence-electron chi connectivity index (χ1n) is 20.3. The molecule has 0 N–H and O–H groups in total. The molecule has 5 heteroatoms. The van der Waals surface area contributed by atoms with E-state index in [0.29, 0.717) is 17.6 Å². The highest BCUT2D eigenvalue weighted by molar-refractivity contribution is 6.26. The molecule has 10 aromatic carbocycles. The summed E-state index contributed by atoms with van der Waals surface area (Å²) in [6, 6.07) is 68.5. The van der Waals surface area contributed by atoms with Crippen LogP contribution < -0.4 is 0 Å². The van der Waals surface area contributed by atoms with E-state index in [-0.39, 0.29) is 0 Å². The average Bonchev–Trinajstić information content (AvgIpc) is 3.88. The van der Waals surface area contributed by atoms with E-state index in [9.17, 15) is 0 Å². The lowest BCUT2D eigenvalue weighted by Crippen LogP contribution is -2.07. The Bertz CT molecular complexity index is 3900. The van der Waals surface area contributed by atoms with Gasteiger partial charge in [-0.3, -0.25) is 4.57 Å². The van der Waals surface area contributed by atoms with Crippen LogP contribution >= 0.6 is 0 Å². The van der Waals surface area contributed by atoms with Crippen LogP contribution in [0, 0.1) is 0 Å². The van der Waals surface area contributed by atoms with Crippen LogP contribution in [0.1, 0.15) is 0 Å². The lowest BCUT2D eigenvalue weighted by Gasteiger charge is -2.14. The average molecular weight is 765 g/mol. The fourth-order valence-corrected chi connectivity index (χ4v) is 9.49. The van der Waals surface area contributed by atoms with E-state index in [4.69, 9.17) is 19.4 Å². The molecule has 0 atom stereocenters. The van der Waals surface area contributed by atoms with E-state index in [2.05, 4.69) is 187 Å². The van der Waals surface area contributed by atoms with Gasteiger partial charge < -0.3 is 4.42 Å². The molecule has 0 spiro atoms. The van der Waals surface area contributed by atoms with Crippen molar-refractivity contribution in [3.63, 3.8) is 0 Å². The van der Waals surface area contributed by atoms with Crippen molar-refractivity contribution in [2.45, 2.75) is 0 Å². The second-order valence-corrected chi connectivity index (χ2v) is 15.5. The van der Waals surface area contributed by atoms with Gasteiger partial charge in [0.15, 0.2) is 11.6 Å². The maximum atomic E-state index is 6.68. The van der Waals surface area contributed by atoms with Crippen LogP contribution in [0.25, 0.3) is 127 Å². The molecule has 60 heavy (non-hydrogen) atoms. The van der Waals surface area contributed by atoms with Crippen molar-refractivity contribution in [3.8, 4) is 39.9 Å². The van der Waals surface area contributed by atoms with Crippen molar-refractivity contribution in [3.05, 3.63) is 194 Å². The molecule has 5 nitrogen and oxygen atoms in total. The van der Waals surface area contributed by atoms with Crippen LogP contribution in [-0.4, -0.2) is 19.5 Å². The van der Waals surface area contributed by atoms with Crippen LogP contribution in [0.5, 0.6) is 0 Å². The van der Waals surface area contributed by atoms with Gasteiger partial charge in [-0.05, 0) is 67.7 Å². The quantitative estimate of drug-likeness (QED) is 0.179. The summed E-state index contributed by atoms with van der Waals surface area (Å²) in [5, 5.41) is 13.4. The first-order valence-corrected chi connectivity index (χ1v) is 20.3. The summed E-state index contributed by atoms with van der Waals surface area (Å²) >= 11 is 0. The van der Waals surface area contributed by atoms with Gasteiger partial charge in [0.2, 0.25) is 5.95 Å². The fourth-order valence-electron chi connectivity index (χ4n) is 9.49. The third kappa shape index (κ3) is 4.84. The van der Waals surface area contributed by atoms with E-state index in [0.717, 1.165) is 87.4 Å². The van der Waals surface area contributed by atoms with Gasteiger partial charge >= 0.3 is 0 Å². The Morgan fingerprint density at radius 3 is 1.82 bits per heavy atom. The Labute approximate surface area is 343 Å². The van der Waals surface area contributed by atoms with Crippen molar-refractivity contribution in [2.24, 2.45) is 0 Å². The summed E-state index contributed by atoms with van der Waals surface area (Å²) in [5.74, 6) is 1.72. The number of rotatable bonds is 4. The molecule has 0 bridgehead atoms. The molecule has 278 valence electrons. The van der Waals surface area contributed by atoms with Crippen LogP contribution in [0.2, 0.25) is 0 Å². The van der Waals surface area contributed by atoms with Crippen LogP contribution in [0.4, 0.5) is 0 Å². The van der Waals surface area contributed by atoms with Crippen LogP contribution in [0.3, 0.4) is 0 Å². The standard InChI is InChI=1S/C55H32N4O/c1-2-12-33(13-3-1)37-26-28-39-38(32-37)17-10-21-43(39)53-56-54(46-22-11-23-48-50(46)45-30-25-36-16-6-9-20-42(36)52(45)60-48)58-55(57-53)59-47-31-27-34-14-4-7-18-40(34)49(47)44-29-24-35-15-5-8-19-41(35)51(44)59/h1-32H. The molecule has 0 aliphatic carbocycles. The zero-order chi connectivity index (χ0) is 39.3. The number of furan rings is 1. The van der Waals surface area contributed by atoms with Gasteiger partial charge in [-0.2, -0.15) is 9.97 Å². The van der Waals surface area contributed by atoms with E-state index in [1.807, 2.05) is 12.1 Å². The maximum Gasteiger partial charge on any atom is 0.238 e. The minimum Gasteiger partial charge on any atom is -0.455 e. The van der Waals surface area contributed by atoms with Gasteiger partial charge in [0, 0.05) is 43.4 Å². The Kier molecular flexibility index (Phi) is 6.95. The molecule has 0 aliphatic rings. The van der Waals surface area contributed by atoms with Crippen LogP contribution in [0.15, 0.2) is 199 Å². The molecular weight excluding hydrogens is 733 g/mol. The van der Waals surface area contributed by atoms with Crippen molar-refractivity contribution in [2.75, 3.05) is 0 Å². The molecule has 0 unspecified atom stereocenters. The van der Waals surface area contributed by atoms with Crippen molar-refractivity contribution < 1.29 is 4.42 Å². The fraction of sp³-hybridized carbons (Fsp3) is 0. The van der Waals surface area contributed by atoms with Gasteiger partial charge in [-0.15, -0.1) is 0 Å². The lowest BCUT2D eigenvalue weighted by molar-refractivity contribution is 0.672. The molecule has 0 aliphatic heterocycles. The second-order valence-electron chi connectivity index (χ2n) is 15.5. The topological polar surface area (TPSA) is 56.7 Å². The van der Waals surface area contributed by atoms with E-state index in [1.165, 1.54) is 21.7 Å². The molecule has 13 aromatic rings. The van der Waals surface area contributed by atoms with Crippen LogP contribution in [-0.2, 0) is 0 Å². The molecule has 13 rings (SSSR count). The second kappa shape index (κ2) is 12.7. The summed E-state index contributed by atoms with van der Waals surface area (Å²) in [6.45, 7) is 0. The highest BCUT2D eigenvalue weighted by Gasteiger charge is 2.23. The maximum absolute atomic E-state index is 6.68. The monoisotopic (exact) mass is 764 g/mol. The Morgan fingerprint density at radius 1 is 0.367 bits per heavy atom. The van der Waals surface area contributed by atoms with E-state index >= 15 is 0 Å². The number of fused-ring (bicyclic) bond motifs is 13. The Hall–Kier alpha value is -8.15. The first kappa shape index (κ1) is 32.9. The predicted octanol–water partition coefficient (Wildman–Crippen LogP) is 14.5. The largest absolute Gasteiger partial charge is 0.455 e. The number of hydrogen-bond acceptors (Lipinski definition) is 4. The highest BCUT2D eigenvalue weighted by atomic mass is 16.3. The third-order valence-corrected chi connectivity index (χ3v) is 12.2. The zero-order valence-electron chi connectivity index (χ0n) is 32.2. The molecule has 3 heterocycles. The van der Waals surface area contributed by atoms with Gasteiger partial charge in [-0.25, -0.2) is 4.98 Å². The zero-order valence-corrected chi connectivity index (χ0v) is 32.2. The number of nitrogens with zero attached hydrogens (tertiary/aromatic N) is 4. The molecule has 3 aromatic heterocycles. The third-order valence-electron chi connectivity index (χ3n) is 12.2. The van der Waals surface area contributed by atoms with E-state index < -0.39 is 0 Å². The number of benzene rings is 10. The minimum absolute atomic E-state index is 0.551. The first-order chi connectivity index (χ1) is 29.7. The summed E-state index contributed by atoms with van der Waals surface area (Å²) in [6.07, 6.45) is 0. The smallest absolute Gasteiger partial charge is 0.238 e. The van der Waals surface area contributed by atoms with Crippen molar-refractivity contribution in [1.29, 1.82) is 0 Å². The van der Waals surface area contributed by atoms with Crippen molar-refractivity contribution in [1.82, 2.24) is 19.5 Å². The highest BCUT2D eigenvalue weighted by Crippen LogP contribution is 2.42. The normalized spacial score (nSPS) is 12.0. The van der Waals surface area contributed by atoms with Gasteiger partial charge in [0.05, 0.1) is 11.0 Å². The number of hydrogen-bond donors (Lipinski definition) is 0. The molecule has 0 saturated heterocycles. The van der Waals surface area contributed by atoms with Gasteiger partial charge in [0.1, 0.15) is 11.2 Å². The summed E-state index contributed by atoms with van der Waals surface area (Å²) in [7, 11) is 0. The Balaban J connectivity index is 1.15. The number of aromatic nitrogens is 4. The summed E-state index contributed by atoms with van der Waals surface area (Å²) in [4.78, 5) is 16.4. The van der Waals surface area contributed by atoms with Gasteiger partial charge in [-0.1, -0.05) is 170 Å². The van der Waals surface area contributed by atoms with Gasteiger partial charge in [0.25, 0.3) is 0 Å². The summed E-state index contributed by atoms with van der Waals surface area (Å²) < 4.78 is 8.94. The Morgan fingerprint density at radius 2 is 0.983 bits per heavy atom. The predicted molar refractivity (Wildman–Crippen MR) is 248 cm³/mol. The van der Waals surface area contributed by atoms with Crippen molar-refractivity contribution >= 4 is 86.8 Å². The molecular formula is C55H32N4O. The molecule has 0 fully saturated rings. The molecule has 0 radical (unpaired) electrons. The van der Waals surface area contributed by atoms with E-state index in [1.54, 1.807) is 0 Å². The SMILES string of the molecule is c1ccc(-c2ccc3c(-c4nc(-c5cccc6oc7c8ccccc8ccc7c56)nc(-n5c6ccc7ccccc7c6c6ccc7ccccc7c65)n4)cccc3c2)cc1.